The highest BCUT2D eigenvalue weighted by molar-refractivity contribution is 5.31. The third kappa shape index (κ3) is 4.23. The van der Waals surface area contributed by atoms with Gasteiger partial charge in [0.25, 0.3) is 0 Å². The first-order valence-corrected chi connectivity index (χ1v) is 8.50. The van der Waals surface area contributed by atoms with E-state index in [1.54, 1.807) is 7.11 Å². The van der Waals surface area contributed by atoms with Crippen molar-refractivity contribution < 1.29 is 4.74 Å². The Bertz CT molecular complexity index is 429. The zero-order valence-corrected chi connectivity index (χ0v) is 14.1. The van der Waals surface area contributed by atoms with Crippen LogP contribution in [0.1, 0.15) is 51.5 Å². The minimum Gasteiger partial charge on any atom is -0.497 e. The first-order chi connectivity index (χ1) is 10.2. The van der Waals surface area contributed by atoms with Gasteiger partial charge in [-0.15, -0.1) is 0 Å². The molecule has 3 atom stereocenters. The van der Waals surface area contributed by atoms with Crippen LogP contribution in [-0.2, 0) is 0 Å². The number of ether oxygens (including phenoxy) is 1. The third-order valence-corrected chi connectivity index (χ3v) is 5.16. The highest BCUT2D eigenvalue weighted by Gasteiger charge is 2.32. The third-order valence-electron chi connectivity index (χ3n) is 5.16. The van der Waals surface area contributed by atoms with Crippen molar-refractivity contribution in [1.82, 2.24) is 5.32 Å². The van der Waals surface area contributed by atoms with Crippen LogP contribution in [0, 0.1) is 17.8 Å². The molecule has 0 radical (unpaired) electrons. The number of benzene rings is 1. The number of nitrogens with one attached hydrogen (secondary N) is 1. The Morgan fingerprint density at radius 3 is 2.76 bits per heavy atom. The first-order valence-electron chi connectivity index (χ1n) is 8.50. The summed E-state index contributed by atoms with van der Waals surface area (Å²) in [6.45, 7) is 9.15. The molecule has 1 aliphatic carbocycles. The Morgan fingerprint density at radius 2 is 2.10 bits per heavy atom. The zero-order valence-electron chi connectivity index (χ0n) is 14.1. The van der Waals surface area contributed by atoms with Gasteiger partial charge in [0.1, 0.15) is 5.75 Å². The molecule has 1 fully saturated rings. The van der Waals surface area contributed by atoms with E-state index in [4.69, 9.17) is 4.74 Å². The second kappa shape index (κ2) is 7.84. The van der Waals surface area contributed by atoms with Crippen LogP contribution < -0.4 is 10.1 Å². The molecule has 0 bridgehead atoms. The number of hydrogen-bond acceptors (Lipinski definition) is 2. The molecule has 1 saturated carbocycles. The van der Waals surface area contributed by atoms with Crippen molar-refractivity contribution in [1.29, 1.82) is 0 Å². The van der Waals surface area contributed by atoms with Gasteiger partial charge in [0.05, 0.1) is 7.11 Å². The average molecular weight is 289 g/mol. The summed E-state index contributed by atoms with van der Waals surface area (Å²) in [6.07, 6.45) is 4.05. The van der Waals surface area contributed by atoms with E-state index in [9.17, 15) is 0 Å². The Morgan fingerprint density at radius 1 is 1.29 bits per heavy atom. The lowest BCUT2D eigenvalue weighted by atomic mass is 9.68. The lowest BCUT2D eigenvalue weighted by molar-refractivity contribution is 0.191. The topological polar surface area (TPSA) is 21.3 Å². The molecule has 0 amide bonds. The number of rotatable bonds is 6. The average Bonchev–Trinajstić information content (AvgIpc) is 2.52. The van der Waals surface area contributed by atoms with Gasteiger partial charge < -0.3 is 10.1 Å². The van der Waals surface area contributed by atoms with Crippen molar-refractivity contribution in [3.8, 4) is 5.75 Å². The first kappa shape index (κ1) is 16.4. The molecule has 1 aliphatic rings. The molecule has 2 nitrogen and oxygen atoms in total. The van der Waals surface area contributed by atoms with Gasteiger partial charge in [-0.3, -0.25) is 0 Å². The smallest absolute Gasteiger partial charge is 0.119 e. The van der Waals surface area contributed by atoms with E-state index in [1.807, 2.05) is 6.07 Å². The lowest BCUT2D eigenvalue weighted by Crippen LogP contribution is -2.33. The number of methoxy groups -OCH3 is 1. The molecule has 2 rings (SSSR count). The minimum atomic E-state index is 0.667. The second-order valence-corrected chi connectivity index (χ2v) is 6.77. The predicted octanol–water partition coefficient (Wildman–Crippen LogP) is 4.46. The van der Waals surface area contributed by atoms with Crippen LogP contribution in [0.5, 0.6) is 5.75 Å². The highest BCUT2D eigenvalue weighted by atomic mass is 16.5. The van der Waals surface area contributed by atoms with Crippen LogP contribution in [0.3, 0.4) is 0 Å². The molecule has 0 heterocycles. The van der Waals surface area contributed by atoms with Crippen molar-refractivity contribution in [2.24, 2.45) is 17.8 Å². The Hall–Kier alpha value is -1.02. The Kier molecular flexibility index (Phi) is 6.10. The van der Waals surface area contributed by atoms with Gasteiger partial charge >= 0.3 is 0 Å². The molecule has 1 aromatic rings. The van der Waals surface area contributed by atoms with E-state index in [0.717, 1.165) is 36.6 Å². The van der Waals surface area contributed by atoms with Gasteiger partial charge in [0.15, 0.2) is 0 Å². The molecule has 21 heavy (non-hydrogen) atoms. The standard InChI is InChI=1S/C19H31NO/c1-5-20-13-17-10-9-15(14(2)3)12-19(17)16-7-6-8-18(11-16)21-4/h6-8,11,14-15,17,19-20H,5,9-10,12-13H2,1-4H3. The fourth-order valence-corrected chi connectivity index (χ4v) is 3.73. The summed E-state index contributed by atoms with van der Waals surface area (Å²) in [7, 11) is 1.76. The zero-order chi connectivity index (χ0) is 15.2. The van der Waals surface area contributed by atoms with Crippen LogP contribution in [0.25, 0.3) is 0 Å². The molecule has 0 spiro atoms. The summed E-state index contributed by atoms with van der Waals surface area (Å²) >= 11 is 0. The van der Waals surface area contributed by atoms with E-state index < -0.39 is 0 Å². The quantitative estimate of drug-likeness (QED) is 0.835. The Balaban J connectivity index is 2.18. The van der Waals surface area contributed by atoms with Crippen molar-refractivity contribution in [3.63, 3.8) is 0 Å². The fraction of sp³-hybridized carbons (Fsp3) is 0.684. The van der Waals surface area contributed by atoms with Crippen LogP contribution in [-0.4, -0.2) is 20.2 Å². The second-order valence-electron chi connectivity index (χ2n) is 6.77. The van der Waals surface area contributed by atoms with Crippen LogP contribution >= 0.6 is 0 Å². The summed E-state index contributed by atoms with van der Waals surface area (Å²) in [5, 5.41) is 3.56. The largest absolute Gasteiger partial charge is 0.497 e. The van der Waals surface area contributed by atoms with Gasteiger partial charge in [-0.25, -0.2) is 0 Å². The summed E-state index contributed by atoms with van der Waals surface area (Å²) < 4.78 is 5.42. The lowest BCUT2D eigenvalue weighted by Gasteiger charge is -2.38. The van der Waals surface area contributed by atoms with E-state index in [1.165, 1.54) is 24.8 Å². The van der Waals surface area contributed by atoms with Gasteiger partial charge in [0.2, 0.25) is 0 Å². The van der Waals surface area contributed by atoms with E-state index in [2.05, 4.69) is 44.3 Å². The van der Waals surface area contributed by atoms with Gasteiger partial charge in [-0.2, -0.15) is 0 Å². The summed E-state index contributed by atoms with van der Waals surface area (Å²) in [6, 6.07) is 8.71. The van der Waals surface area contributed by atoms with Crippen molar-refractivity contribution >= 4 is 0 Å². The molecular formula is C19H31NO. The Labute approximate surface area is 130 Å². The minimum absolute atomic E-state index is 0.667. The molecule has 1 aromatic carbocycles. The molecule has 3 unspecified atom stereocenters. The molecule has 1 N–H and O–H groups in total. The molecule has 0 saturated heterocycles. The van der Waals surface area contributed by atoms with E-state index >= 15 is 0 Å². The molecule has 118 valence electrons. The van der Waals surface area contributed by atoms with E-state index in [-0.39, 0.29) is 0 Å². The summed E-state index contributed by atoms with van der Waals surface area (Å²) in [5.41, 5.74) is 1.46. The van der Waals surface area contributed by atoms with Gasteiger partial charge in [0, 0.05) is 0 Å². The SMILES string of the molecule is CCNCC1CCC(C(C)C)CC1c1cccc(OC)c1. The highest BCUT2D eigenvalue weighted by Crippen LogP contribution is 2.43. The fourth-order valence-electron chi connectivity index (χ4n) is 3.73. The molecule has 0 aromatic heterocycles. The van der Waals surface area contributed by atoms with Crippen LogP contribution in [0.2, 0.25) is 0 Å². The van der Waals surface area contributed by atoms with Crippen molar-refractivity contribution in [3.05, 3.63) is 29.8 Å². The number of hydrogen-bond donors (Lipinski definition) is 1. The monoisotopic (exact) mass is 289 g/mol. The van der Waals surface area contributed by atoms with Gasteiger partial charge in [-0.1, -0.05) is 32.9 Å². The van der Waals surface area contributed by atoms with Gasteiger partial charge in [-0.05, 0) is 73.7 Å². The predicted molar refractivity (Wildman–Crippen MR) is 89.9 cm³/mol. The van der Waals surface area contributed by atoms with Crippen molar-refractivity contribution in [2.75, 3.05) is 20.2 Å². The summed E-state index contributed by atoms with van der Waals surface area (Å²) in [4.78, 5) is 0. The van der Waals surface area contributed by atoms with Crippen LogP contribution in [0.15, 0.2) is 24.3 Å². The van der Waals surface area contributed by atoms with Crippen LogP contribution in [0.4, 0.5) is 0 Å². The summed E-state index contributed by atoms with van der Waals surface area (Å²) in [5.74, 6) is 4.06. The normalized spacial score (nSPS) is 26.0. The maximum Gasteiger partial charge on any atom is 0.119 e. The molecule has 0 aliphatic heterocycles. The maximum atomic E-state index is 5.42. The molecule has 2 heteroatoms. The maximum absolute atomic E-state index is 5.42. The molecular weight excluding hydrogens is 258 g/mol. The van der Waals surface area contributed by atoms with E-state index in [0.29, 0.717) is 5.92 Å². The van der Waals surface area contributed by atoms with Crippen molar-refractivity contribution in [2.45, 2.75) is 46.0 Å².